The number of halogens is 4. The van der Waals surface area contributed by atoms with Gasteiger partial charge in [0.1, 0.15) is 0 Å². The largest absolute Gasteiger partial charge is 0.340 e. The molecule has 1 aliphatic rings. The summed E-state index contributed by atoms with van der Waals surface area (Å²) in [7, 11) is 1.95. The molecule has 0 radical (unpaired) electrons. The fraction of sp³-hybridized carbons (Fsp3) is 0.345. The van der Waals surface area contributed by atoms with Crippen molar-refractivity contribution in [3.8, 4) is 0 Å². The van der Waals surface area contributed by atoms with Crippen molar-refractivity contribution in [2.75, 3.05) is 66.0 Å². The molecule has 1 aliphatic heterocycles. The summed E-state index contributed by atoms with van der Waals surface area (Å²) in [5, 5.41) is 23.8. The lowest BCUT2D eigenvalue weighted by atomic mass is 10.0. The second kappa shape index (κ2) is 49.7. The van der Waals surface area contributed by atoms with Crippen LogP contribution in [0, 0.1) is 0 Å². The molecule has 20 nitrogen and oxygen atoms in total. The van der Waals surface area contributed by atoms with Crippen LogP contribution in [0.15, 0.2) is 194 Å². The standard InChI is InChI=1S/C25H28N2O2.2C22H26N2O2.C21H24N2O2.C20H22N2O2.4ClH/c1-17-9-13-26(14-10-17)11-4-12-27-24-7-5-20(18(2)28)15-22(24)23-16-21(19(3)29)6-8-25(23)27;1-14(2)23-10-5-11-24-21-8-6-17(15(3)25)12-19(21)20-13-18(16(4)26)7-9-22(20)24;1-4-10-23-11-5-12-24-21-8-6-17(15(2)25)13-19(21)20-14-18(16(3)26)7-9-22(20)24;1-4-22-10-5-11-23-20-8-6-16(14(2)24)12-18(20)19-13-17(15(3)25)7-9-21(19)23;1-13(23)15-5-7-19-17(11-15)18-12-16(14(2)24)6-8-20(18)22(19)10-4-9-21-3;;;;/h5-8,15-16H,1,4,9-14H2,2-3H3;6-9,12-14,23H,5,10-11H2,1-4H3;6-9,13-14,23H,4-5,10-12H2,1-3H3;6-9,12-13,22H,4-5,10-11H2,1-3H3;5-8,11-12,21H,4,9-10H2,1-3H3;4*1H. The molecule has 0 atom stereocenters. The predicted molar refractivity (Wildman–Crippen MR) is 563 cm³/mol. The number of hydrogen-bond acceptors (Lipinski definition) is 15. The maximum atomic E-state index is 11.9. The summed E-state index contributed by atoms with van der Waals surface area (Å²) in [6, 6.07) is 59.2. The molecule has 0 bridgehead atoms. The van der Waals surface area contributed by atoms with Crippen molar-refractivity contribution in [1.82, 2.24) is 49.0 Å². The van der Waals surface area contributed by atoms with E-state index in [1.165, 1.54) is 5.57 Å². The predicted octanol–water partition coefficient (Wildman–Crippen LogP) is 24.1. The Bertz CT molecular complexity index is 6520. The summed E-state index contributed by atoms with van der Waals surface area (Å²) >= 11 is 0. The first-order chi connectivity index (χ1) is 62.4. The number of rotatable bonds is 34. The van der Waals surface area contributed by atoms with Gasteiger partial charge in [-0.05, 0) is 355 Å². The van der Waals surface area contributed by atoms with Crippen LogP contribution in [0.2, 0.25) is 0 Å². The molecule has 1 fully saturated rings. The van der Waals surface area contributed by atoms with E-state index in [4.69, 9.17) is 0 Å². The van der Waals surface area contributed by atoms with Gasteiger partial charge in [-0.25, -0.2) is 0 Å². The van der Waals surface area contributed by atoms with Gasteiger partial charge in [-0.15, -0.1) is 49.6 Å². The van der Waals surface area contributed by atoms with Crippen LogP contribution in [0.4, 0.5) is 0 Å². The van der Waals surface area contributed by atoms with Gasteiger partial charge in [-0.3, -0.25) is 47.9 Å². The number of benzene rings is 10. The number of nitrogens with zero attached hydrogens (tertiary/aromatic N) is 6. The maximum absolute atomic E-state index is 11.9. The van der Waals surface area contributed by atoms with Crippen LogP contribution >= 0.6 is 49.6 Å². The molecule has 134 heavy (non-hydrogen) atoms. The summed E-state index contributed by atoms with van der Waals surface area (Å²) < 4.78 is 11.5. The molecule has 1 saturated heterocycles. The number of carbonyl (C=O) groups is 10. The minimum absolute atomic E-state index is 0. The molecule has 0 saturated carbocycles. The van der Waals surface area contributed by atoms with E-state index in [1.54, 1.807) is 69.2 Å². The SMILES string of the molecule is C=C1CCN(CCCn2c3ccc(C(C)=O)cc3c3cc(C(C)=O)ccc32)CC1.CC(=O)c1ccc2c(c1)c1cc(C(C)=O)ccc1n2CCCNC(C)C.CCCNCCCn1c2ccc(C(C)=O)cc2c2cc(C(C)=O)ccc21.CCNCCCn1c2ccc(C(C)=O)cc2c2cc(C(C)=O)ccc21.CNCCCn1c2ccc(C(C)=O)cc2c2cc(C(C)=O)ccc21.Cl.Cl.Cl.Cl. The van der Waals surface area contributed by atoms with Gasteiger partial charge >= 0.3 is 0 Å². The molecule has 10 aromatic carbocycles. The summed E-state index contributed by atoms with van der Waals surface area (Å²) in [5.41, 5.74) is 19.5. The third kappa shape index (κ3) is 25.6. The van der Waals surface area contributed by atoms with Crippen molar-refractivity contribution < 1.29 is 47.9 Å². The van der Waals surface area contributed by atoms with E-state index < -0.39 is 0 Å². The first-order valence-electron chi connectivity index (χ1n) is 46.0. The third-order valence-corrected chi connectivity index (χ3v) is 24.9. The molecule has 0 aliphatic carbocycles. The van der Waals surface area contributed by atoms with Crippen molar-refractivity contribution in [1.29, 1.82) is 0 Å². The summed E-state index contributed by atoms with van der Waals surface area (Å²) in [5.74, 6) is 0.540. The fourth-order valence-corrected chi connectivity index (χ4v) is 17.7. The summed E-state index contributed by atoms with van der Waals surface area (Å²) in [4.78, 5) is 121. The van der Waals surface area contributed by atoms with Crippen LogP contribution in [0.5, 0.6) is 0 Å². The molecule has 24 heteroatoms. The maximum Gasteiger partial charge on any atom is 0.159 e. The van der Waals surface area contributed by atoms with Crippen molar-refractivity contribution in [2.24, 2.45) is 0 Å². The van der Waals surface area contributed by atoms with E-state index in [0.29, 0.717) is 61.7 Å². The van der Waals surface area contributed by atoms with Gasteiger partial charge in [0.15, 0.2) is 57.8 Å². The molecule has 6 heterocycles. The van der Waals surface area contributed by atoms with Gasteiger partial charge in [0.2, 0.25) is 0 Å². The third-order valence-electron chi connectivity index (χ3n) is 24.9. The van der Waals surface area contributed by atoms with E-state index in [0.717, 1.165) is 252 Å². The van der Waals surface area contributed by atoms with Crippen LogP contribution in [0.1, 0.15) is 252 Å². The van der Waals surface area contributed by atoms with E-state index >= 15 is 0 Å². The first-order valence-corrected chi connectivity index (χ1v) is 46.0. The number of piperidine rings is 1. The number of aromatic nitrogens is 5. The van der Waals surface area contributed by atoms with Crippen LogP contribution in [0.3, 0.4) is 0 Å². The van der Waals surface area contributed by atoms with E-state index in [-0.39, 0.29) is 107 Å². The summed E-state index contributed by atoms with van der Waals surface area (Å²) in [6.07, 6.45) is 8.50. The number of nitrogens with one attached hydrogen (secondary N) is 4. The average molecular weight is 1890 g/mol. The highest BCUT2D eigenvalue weighted by atomic mass is 35.5. The molecule has 708 valence electrons. The first kappa shape index (κ1) is 108. The molecule has 0 spiro atoms. The van der Waals surface area contributed by atoms with Crippen LogP contribution in [-0.2, 0) is 32.7 Å². The highest BCUT2D eigenvalue weighted by Gasteiger charge is 2.22. The normalized spacial score (nSPS) is 11.9. The Morgan fingerprint density at radius 1 is 0.284 bits per heavy atom. The Morgan fingerprint density at radius 3 is 0.679 bits per heavy atom. The Hall–Kier alpha value is -11.4. The fourth-order valence-electron chi connectivity index (χ4n) is 17.7. The Morgan fingerprint density at radius 2 is 0.485 bits per heavy atom. The van der Waals surface area contributed by atoms with Gasteiger partial charge in [-0.2, -0.15) is 0 Å². The number of aryl methyl sites for hydroxylation is 5. The van der Waals surface area contributed by atoms with Crippen molar-refractivity contribution in [3.05, 3.63) is 250 Å². The van der Waals surface area contributed by atoms with E-state index in [1.807, 2.05) is 189 Å². The second-order valence-electron chi connectivity index (χ2n) is 34.8. The molecular weight excluding hydrogens is 1760 g/mol. The highest BCUT2D eigenvalue weighted by Crippen LogP contribution is 2.38. The zero-order chi connectivity index (χ0) is 93.3. The molecule has 5 aromatic heterocycles. The number of fused-ring (bicyclic) bond motifs is 15. The molecule has 0 unspecified atom stereocenters. The van der Waals surface area contributed by atoms with E-state index in [9.17, 15) is 47.9 Å². The molecular formula is C110H130Cl4N10O10. The van der Waals surface area contributed by atoms with E-state index in [2.05, 4.69) is 83.3 Å². The van der Waals surface area contributed by atoms with Gasteiger partial charge in [-0.1, -0.05) is 39.8 Å². The van der Waals surface area contributed by atoms with Crippen LogP contribution in [-0.4, -0.2) is 158 Å². The number of hydrogen-bond donors (Lipinski definition) is 4. The van der Waals surface area contributed by atoms with Crippen LogP contribution in [0.25, 0.3) is 109 Å². The van der Waals surface area contributed by atoms with Crippen molar-refractivity contribution >= 4 is 216 Å². The Kier molecular flexibility index (Phi) is 40.0. The Labute approximate surface area is 810 Å². The van der Waals surface area contributed by atoms with Crippen molar-refractivity contribution in [3.63, 3.8) is 0 Å². The number of likely N-dealkylation sites (tertiary alicyclic amines) is 1. The van der Waals surface area contributed by atoms with Gasteiger partial charge in [0.25, 0.3) is 0 Å². The van der Waals surface area contributed by atoms with Crippen molar-refractivity contribution in [2.45, 2.75) is 187 Å². The lowest BCUT2D eigenvalue weighted by Gasteiger charge is -2.27. The molecule has 0 amide bonds. The molecule has 15 aromatic rings. The minimum Gasteiger partial charge on any atom is -0.340 e. The second-order valence-corrected chi connectivity index (χ2v) is 34.8. The smallest absolute Gasteiger partial charge is 0.159 e. The van der Waals surface area contributed by atoms with Gasteiger partial charge < -0.3 is 49.0 Å². The lowest BCUT2D eigenvalue weighted by Crippen LogP contribution is -2.31. The topological polar surface area (TPSA) is 247 Å². The number of Topliss-reactive ketones (excluding diaryl/α,β-unsaturated/α-hetero) is 10. The average Bonchev–Trinajstić information content (AvgIpc) is 1.63. The minimum atomic E-state index is 0. The summed E-state index contributed by atoms with van der Waals surface area (Å²) in [6.45, 7) is 42.1. The monoisotopic (exact) mass is 1890 g/mol. The zero-order valence-electron chi connectivity index (χ0n) is 80.1. The number of ketones is 10. The lowest BCUT2D eigenvalue weighted by molar-refractivity contribution is 0.100. The zero-order valence-corrected chi connectivity index (χ0v) is 83.3. The van der Waals surface area contributed by atoms with Gasteiger partial charge in [0, 0.05) is 217 Å². The quantitative estimate of drug-likeness (QED) is 0.0166. The molecule has 4 N–H and O–H groups in total. The highest BCUT2D eigenvalue weighted by molar-refractivity contribution is 6.18. The Balaban J connectivity index is 0.000000205. The van der Waals surface area contributed by atoms with Crippen LogP contribution < -0.4 is 21.3 Å². The molecule has 16 rings (SSSR count). The van der Waals surface area contributed by atoms with Gasteiger partial charge in [0.05, 0.1) is 0 Å². The number of carbonyl (C=O) groups excluding carboxylic acids is 10.